The Morgan fingerprint density at radius 3 is 1.01 bits per heavy atom. The standard InChI is InChI=1S/C23H31F3N6O2.C23H32F2N6O3.C18H24F2N6O2.C5H9ClO.ClH/c1-14-11-32(30-17(14)10-24)21-28-18(27-15-5-7-23(25,26)8-6-15)9-19(29-21)34-16-12-31(13-16)20(33)22(2,3)4;1-14-10-31(29-17(14)13-32)21-27-18(26-15-5-7-23(24,25)8-6-15)9-19(28-21)34-16-11-30(12-16)20(33)22(2,3)4;1-11-9-26(25-14(11)10-27)17-23-15(6-16(24-17)28-13-7-21-8-13)22-12-2-4-18(19,20)5-3-12;1-5(2,3)4(6)7;/h9,11,15-16H,5-8,10,12-13H2,1-4H3,(H,27,28,29);9-10,15-16,32H,5-8,11-13H2,1-4H3,(H,26,27,28);6,9,12-13,21,27H,2-5,7-8,10H2,1H3,(H,22,23,24);1-3H3;1H. The molecule has 3 saturated carbocycles. The van der Waals surface area contributed by atoms with Crippen LogP contribution in [0, 0.1) is 37.0 Å². The number of nitrogens with one attached hydrogen (secondary N) is 4. The van der Waals surface area contributed by atoms with Crippen molar-refractivity contribution in [2.45, 2.75) is 234 Å². The number of nitrogens with zero attached hydrogens (tertiary/aromatic N) is 14. The SMILES string of the molecule is CC(C)(C)C(=O)Cl.Cc1cn(-c2nc(NC3CCC(F)(F)CC3)cc(OC3CN(C(=O)C(C)(C)C)C3)n2)nc1CF.Cc1cn(-c2nc(NC3CCC(F)(F)CC3)cc(OC3CN(C(=O)C(C)(C)C)C3)n2)nc1CO.Cc1cn(-c2nc(NC3CCC(F)(F)CC3)cc(OC3CNC3)n2)nc1CO.Cl. The highest BCUT2D eigenvalue weighted by atomic mass is 35.5. The predicted octanol–water partition coefficient (Wildman–Crippen LogP) is 11.2. The van der Waals surface area contributed by atoms with Crippen LogP contribution in [0.15, 0.2) is 36.8 Å². The number of aryl methyl sites for hydroxylation is 3. The summed E-state index contributed by atoms with van der Waals surface area (Å²) in [5.41, 5.74) is 2.32. The zero-order valence-corrected chi connectivity index (χ0v) is 62.4. The number of hydrogen-bond acceptors (Lipinski definition) is 21. The van der Waals surface area contributed by atoms with Crippen molar-refractivity contribution >= 4 is 58.5 Å². The summed E-state index contributed by atoms with van der Waals surface area (Å²) in [5.74, 6) is -4.59. The molecule has 574 valence electrons. The summed E-state index contributed by atoms with van der Waals surface area (Å²) in [5, 5.41) is 44.3. The zero-order chi connectivity index (χ0) is 75.1. The quantitative estimate of drug-likeness (QED) is 0.0344. The van der Waals surface area contributed by atoms with Gasteiger partial charge in [-0.15, -0.1) is 12.4 Å². The molecule has 0 bridgehead atoms. The molecule has 0 radical (unpaired) electrons. The van der Waals surface area contributed by atoms with Crippen LogP contribution in [0.5, 0.6) is 17.6 Å². The second-order valence-electron chi connectivity index (χ2n) is 30.4. The Morgan fingerprint density at radius 2 is 0.779 bits per heavy atom. The van der Waals surface area contributed by atoms with E-state index in [2.05, 4.69) is 66.5 Å². The first kappa shape index (κ1) is 81.9. The van der Waals surface area contributed by atoms with Gasteiger partial charge in [0.15, 0.2) is 0 Å². The lowest BCUT2D eigenvalue weighted by atomic mass is 9.92. The Morgan fingerprint density at radius 1 is 0.500 bits per heavy atom. The van der Waals surface area contributed by atoms with Gasteiger partial charge < -0.3 is 55.5 Å². The van der Waals surface area contributed by atoms with Gasteiger partial charge in [0.1, 0.15) is 42.4 Å². The minimum absolute atomic E-state index is 0. The number of likely N-dealkylation sites (tertiary alicyclic amines) is 2. The Bertz CT molecular complexity index is 3710. The third-order valence-electron chi connectivity index (χ3n) is 18.1. The Hall–Kier alpha value is -7.75. The normalized spacial score (nSPS) is 18.6. The Kier molecular flexibility index (Phi) is 26.6. The van der Waals surface area contributed by atoms with Crippen LogP contribution in [0.4, 0.5) is 48.2 Å². The lowest BCUT2D eigenvalue weighted by Crippen LogP contribution is -2.58. The summed E-state index contributed by atoms with van der Waals surface area (Å²) >= 11 is 5.11. The molecule has 3 saturated heterocycles. The third-order valence-corrected chi connectivity index (χ3v) is 18.6. The van der Waals surface area contributed by atoms with Crippen LogP contribution < -0.4 is 35.5 Å². The fourth-order valence-electron chi connectivity index (χ4n) is 11.5. The lowest BCUT2D eigenvalue weighted by Gasteiger charge is -2.41. The van der Waals surface area contributed by atoms with E-state index in [1.807, 2.05) is 55.4 Å². The fraction of sp³-hybridized carbons (Fsp3) is 0.652. The van der Waals surface area contributed by atoms with Crippen molar-refractivity contribution in [3.05, 3.63) is 70.6 Å². The first-order valence-electron chi connectivity index (χ1n) is 34.8. The molecule has 6 aromatic heterocycles. The van der Waals surface area contributed by atoms with Crippen LogP contribution in [0.2, 0.25) is 0 Å². The highest BCUT2D eigenvalue weighted by Crippen LogP contribution is 2.38. The van der Waals surface area contributed by atoms with Crippen molar-refractivity contribution in [3.8, 4) is 35.5 Å². The van der Waals surface area contributed by atoms with E-state index in [0.29, 0.717) is 117 Å². The average Bonchev–Trinajstić information content (AvgIpc) is 1.16. The van der Waals surface area contributed by atoms with Crippen LogP contribution in [0.3, 0.4) is 0 Å². The van der Waals surface area contributed by atoms with Gasteiger partial charge in [-0.25, -0.2) is 44.8 Å². The van der Waals surface area contributed by atoms with E-state index in [9.17, 15) is 55.3 Å². The molecule has 6 N–H and O–H groups in total. The van der Waals surface area contributed by atoms with E-state index in [4.69, 9.17) is 25.8 Å². The Balaban J connectivity index is 0.000000188. The van der Waals surface area contributed by atoms with Crippen molar-refractivity contribution in [1.29, 1.82) is 0 Å². The lowest BCUT2D eigenvalue weighted by molar-refractivity contribution is -0.149. The number of amides is 2. The zero-order valence-electron chi connectivity index (χ0n) is 60.8. The smallest absolute Gasteiger partial charge is 0.255 e. The number of aliphatic hydroxyl groups excluding tert-OH is 2. The number of ether oxygens (including phenoxy) is 3. The molecule has 6 fully saturated rings. The van der Waals surface area contributed by atoms with Crippen molar-refractivity contribution in [1.82, 2.24) is 74.4 Å². The van der Waals surface area contributed by atoms with E-state index in [-0.39, 0.29) is 147 Å². The molecule has 0 spiro atoms. The number of rotatable bonds is 18. The maximum Gasteiger partial charge on any atom is 0.255 e. The number of halogens is 9. The summed E-state index contributed by atoms with van der Waals surface area (Å²) < 4.78 is 117. The van der Waals surface area contributed by atoms with Gasteiger partial charge in [-0.1, -0.05) is 62.3 Å². The Labute approximate surface area is 611 Å². The molecule has 0 unspecified atom stereocenters. The second-order valence-corrected chi connectivity index (χ2v) is 30.7. The minimum atomic E-state index is -2.63. The third kappa shape index (κ3) is 22.6. The second kappa shape index (κ2) is 33.8. The molecule has 6 aromatic rings. The molecule has 3 aliphatic carbocycles. The van der Waals surface area contributed by atoms with Gasteiger partial charge in [-0.05, 0) is 87.6 Å². The first-order chi connectivity index (χ1) is 48.2. The number of aromatic nitrogens is 12. The van der Waals surface area contributed by atoms with Crippen LogP contribution in [-0.4, -0.2) is 190 Å². The van der Waals surface area contributed by atoms with E-state index < -0.39 is 35.3 Å². The van der Waals surface area contributed by atoms with E-state index in [0.717, 1.165) is 24.2 Å². The molecular weight excluding hydrogens is 1410 g/mol. The van der Waals surface area contributed by atoms with Gasteiger partial charge in [-0.3, -0.25) is 14.4 Å². The number of carbonyl (C=O) groups excluding carboxylic acids is 3. The van der Waals surface area contributed by atoms with Gasteiger partial charge >= 0.3 is 0 Å². The summed E-state index contributed by atoms with van der Waals surface area (Å²) in [6.07, 6.45) is 5.83. The largest absolute Gasteiger partial charge is 0.471 e. The number of alkyl halides is 7. The summed E-state index contributed by atoms with van der Waals surface area (Å²) in [4.78, 5) is 65.3. The highest BCUT2D eigenvalue weighted by Gasteiger charge is 2.41. The molecule has 2 amide bonds. The molecule has 26 nitrogen and oxygen atoms in total. The maximum absolute atomic E-state index is 13.6. The molecule has 3 aliphatic heterocycles. The van der Waals surface area contributed by atoms with Crippen molar-refractivity contribution < 1.29 is 69.5 Å². The van der Waals surface area contributed by atoms with Gasteiger partial charge in [0.05, 0.1) is 56.5 Å². The van der Waals surface area contributed by atoms with Crippen LogP contribution in [0.25, 0.3) is 17.8 Å². The van der Waals surface area contributed by atoms with Crippen LogP contribution in [0.1, 0.15) is 173 Å². The topological polar surface area (TPSA) is 305 Å². The summed E-state index contributed by atoms with van der Waals surface area (Å²) in [7, 11) is 0. The number of hydrogen-bond donors (Lipinski definition) is 6. The number of aliphatic hydroxyl groups is 2. The molecule has 6 aliphatic rings. The molecule has 9 heterocycles. The minimum Gasteiger partial charge on any atom is -0.471 e. The molecule has 0 aromatic carbocycles. The predicted molar refractivity (Wildman–Crippen MR) is 377 cm³/mol. The molecule has 104 heavy (non-hydrogen) atoms. The van der Waals surface area contributed by atoms with Gasteiger partial charge in [0.25, 0.3) is 17.8 Å². The molecular formula is C69H97Cl2F7N18O8. The fourth-order valence-corrected chi connectivity index (χ4v) is 11.5. The number of anilines is 3. The van der Waals surface area contributed by atoms with Crippen molar-refractivity contribution in [3.63, 3.8) is 0 Å². The van der Waals surface area contributed by atoms with Crippen LogP contribution in [-0.2, 0) is 34.3 Å². The van der Waals surface area contributed by atoms with E-state index in [1.54, 1.807) is 74.3 Å². The van der Waals surface area contributed by atoms with Crippen molar-refractivity contribution in [2.75, 3.05) is 55.2 Å². The highest BCUT2D eigenvalue weighted by molar-refractivity contribution is 6.64. The van der Waals surface area contributed by atoms with Crippen LogP contribution >= 0.6 is 24.0 Å². The average molecular weight is 1510 g/mol. The van der Waals surface area contributed by atoms with Gasteiger partial charge in [0.2, 0.25) is 52.5 Å². The monoisotopic (exact) mass is 1510 g/mol. The van der Waals surface area contributed by atoms with E-state index in [1.165, 1.54) is 14.0 Å². The summed E-state index contributed by atoms with van der Waals surface area (Å²) in [6, 6.07) is 4.60. The molecule has 35 heteroatoms. The molecule has 12 rings (SSSR count). The summed E-state index contributed by atoms with van der Waals surface area (Å²) in [6.45, 7) is 24.2. The van der Waals surface area contributed by atoms with Gasteiger partial charge in [0, 0.05) is 123 Å². The number of carbonyl (C=O) groups is 3. The van der Waals surface area contributed by atoms with Crippen molar-refractivity contribution in [2.24, 2.45) is 16.2 Å². The first-order valence-corrected chi connectivity index (χ1v) is 35.1. The van der Waals surface area contributed by atoms with E-state index >= 15 is 0 Å². The maximum atomic E-state index is 13.6. The van der Waals surface area contributed by atoms with Gasteiger partial charge in [-0.2, -0.15) is 45.2 Å². The molecule has 0 atom stereocenters.